The topological polar surface area (TPSA) is 63.6 Å². The van der Waals surface area contributed by atoms with Crippen LogP contribution < -0.4 is 19.1 Å². The minimum Gasteiger partial charge on any atom is -0.497 e. The van der Waals surface area contributed by atoms with Crippen molar-refractivity contribution in [3.8, 4) is 17.2 Å². The smallest absolute Gasteiger partial charge is 0.416 e. The second-order valence-electron chi connectivity index (χ2n) is 10.0. The number of piperazine rings is 1. The normalized spacial score (nSPS) is 16.7. The number of halogens is 6. The number of ether oxygens (including phenoxy) is 3. The van der Waals surface area contributed by atoms with Gasteiger partial charge in [0.2, 0.25) is 0 Å². The highest BCUT2D eigenvalue weighted by molar-refractivity contribution is 8.18. The Kier molecular flexibility index (Phi) is 9.23. The summed E-state index contributed by atoms with van der Waals surface area (Å²) in [6.07, 6.45) is -8.32. The Morgan fingerprint density at radius 3 is 2.13 bits per heavy atom. The molecule has 0 aliphatic carbocycles. The van der Waals surface area contributed by atoms with Gasteiger partial charge in [-0.15, -0.1) is 0 Å². The fourth-order valence-electron chi connectivity index (χ4n) is 4.82. The highest BCUT2D eigenvalue weighted by atomic mass is 32.2. The van der Waals surface area contributed by atoms with Crippen molar-refractivity contribution in [2.24, 2.45) is 4.99 Å². The van der Waals surface area contributed by atoms with Gasteiger partial charge < -0.3 is 24.0 Å². The van der Waals surface area contributed by atoms with E-state index in [1.807, 2.05) is 24.3 Å². The van der Waals surface area contributed by atoms with Crippen molar-refractivity contribution in [2.45, 2.75) is 19.0 Å². The van der Waals surface area contributed by atoms with Crippen LogP contribution in [0, 0.1) is 0 Å². The number of carbonyl (C=O) groups excluding carboxylic acids is 1. The van der Waals surface area contributed by atoms with Gasteiger partial charge in [-0.3, -0.25) is 4.79 Å². The van der Waals surface area contributed by atoms with E-state index >= 15 is 0 Å². The maximum Gasteiger partial charge on any atom is 0.416 e. The van der Waals surface area contributed by atoms with Crippen molar-refractivity contribution in [3.05, 3.63) is 87.8 Å². The molecule has 2 aliphatic rings. The number of thioether (sulfide) groups is 1. The van der Waals surface area contributed by atoms with Gasteiger partial charge in [0, 0.05) is 37.4 Å². The summed E-state index contributed by atoms with van der Waals surface area (Å²) >= 11 is 1.25. The first-order valence-corrected chi connectivity index (χ1v) is 14.4. The molecule has 3 aromatic carbocycles. The fourth-order valence-corrected chi connectivity index (χ4v) is 5.79. The van der Waals surface area contributed by atoms with Gasteiger partial charge in [-0.1, -0.05) is 12.1 Å². The molecule has 5 rings (SSSR count). The SMILES string of the molecule is COc1ccc(N2CCN(C3=NC(=O)C(=Cc4ccc(OCc5ccc(C(F)(F)F)cc5C(F)(F)F)c(OC)c4)S3)CC2)cc1. The molecule has 14 heteroatoms. The van der Waals surface area contributed by atoms with E-state index in [0.717, 1.165) is 30.6 Å². The Morgan fingerprint density at radius 1 is 0.822 bits per heavy atom. The molecular weight excluding hydrogens is 624 g/mol. The largest absolute Gasteiger partial charge is 0.497 e. The monoisotopic (exact) mass is 651 g/mol. The molecule has 7 nitrogen and oxygen atoms in total. The van der Waals surface area contributed by atoms with Gasteiger partial charge in [0.25, 0.3) is 5.91 Å². The molecular formula is C31H27F6N3O4S. The molecule has 238 valence electrons. The van der Waals surface area contributed by atoms with E-state index in [0.29, 0.717) is 34.8 Å². The first-order chi connectivity index (χ1) is 21.4. The quantitative estimate of drug-likeness (QED) is 0.199. The minimum atomic E-state index is -5.02. The van der Waals surface area contributed by atoms with Gasteiger partial charge >= 0.3 is 12.4 Å². The summed E-state index contributed by atoms with van der Waals surface area (Å²) in [5.74, 6) is 0.624. The maximum absolute atomic E-state index is 13.5. The summed E-state index contributed by atoms with van der Waals surface area (Å²) in [5.41, 5.74) is -1.68. The summed E-state index contributed by atoms with van der Waals surface area (Å²) < 4.78 is 95.6. The van der Waals surface area contributed by atoms with E-state index in [9.17, 15) is 31.1 Å². The first-order valence-electron chi connectivity index (χ1n) is 13.6. The second kappa shape index (κ2) is 13.0. The Balaban J connectivity index is 1.23. The van der Waals surface area contributed by atoms with E-state index < -0.39 is 41.6 Å². The third-order valence-corrected chi connectivity index (χ3v) is 8.25. The summed E-state index contributed by atoms with van der Waals surface area (Å²) in [6.45, 7) is 2.19. The number of amides is 1. The molecule has 0 atom stereocenters. The third kappa shape index (κ3) is 7.49. The number of alkyl halides is 6. The number of amidine groups is 1. The van der Waals surface area contributed by atoms with E-state index in [2.05, 4.69) is 14.8 Å². The lowest BCUT2D eigenvalue weighted by Gasteiger charge is -2.36. The van der Waals surface area contributed by atoms with E-state index in [1.54, 1.807) is 25.3 Å². The maximum atomic E-state index is 13.5. The van der Waals surface area contributed by atoms with Gasteiger partial charge in [-0.05, 0) is 71.9 Å². The Labute approximate surface area is 259 Å². The molecule has 45 heavy (non-hydrogen) atoms. The van der Waals surface area contributed by atoms with Crippen molar-refractivity contribution in [1.29, 1.82) is 0 Å². The summed E-state index contributed by atoms with van der Waals surface area (Å²) in [7, 11) is 2.95. The van der Waals surface area contributed by atoms with Crippen LogP contribution in [0.3, 0.4) is 0 Å². The highest BCUT2D eigenvalue weighted by Gasteiger charge is 2.38. The molecule has 0 aromatic heterocycles. The number of aliphatic imine (C=N–C) groups is 1. The lowest BCUT2D eigenvalue weighted by molar-refractivity contribution is -0.143. The van der Waals surface area contributed by atoms with Crippen molar-refractivity contribution in [2.75, 3.05) is 45.3 Å². The molecule has 0 radical (unpaired) electrons. The van der Waals surface area contributed by atoms with Crippen LogP contribution in [0.2, 0.25) is 0 Å². The summed E-state index contributed by atoms with van der Waals surface area (Å²) in [6, 6.07) is 13.8. The van der Waals surface area contributed by atoms with Crippen LogP contribution in [0.4, 0.5) is 32.0 Å². The molecule has 1 fully saturated rings. The zero-order valence-electron chi connectivity index (χ0n) is 24.0. The predicted molar refractivity (Wildman–Crippen MR) is 159 cm³/mol. The number of carbonyl (C=O) groups is 1. The average molecular weight is 652 g/mol. The van der Waals surface area contributed by atoms with Crippen molar-refractivity contribution < 1.29 is 45.3 Å². The average Bonchev–Trinajstić information content (AvgIpc) is 3.39. The van der Waals surface area contributed by atoms with E-state index in [-0.39, 0.29) is 17.6 Å². The Hall–Kier alpha value is -4.33. The molecule has 0 saturated carbocycles. The predicted octanol–water partition coefficient (Wildman–Crippen LogP) is 7.11. The van der Waals surface area contributed by atoms with E-state index in [1.165, 1.54) is 24.9 Å². The molecule has 0 spiro atoms. The number of anilines is 1. The third-order valence-electron chi connectivity index (χ3n) is 7.21. The van der Waals surface area contributed by atoms with Gasteiger partial charge in [0.15, 0.2) is 16.7 Å². The molecule has 1 saturated heterocycles. The lowest BCUT2D eigenvalue weighted by atomic mass is 10.0. The molecule has 1 amide bonds. The zero-order chi connectivity index (χ0) is 32.4. The van der Waals surface area contributed by atoms with Crippen LogP contribution >= 0.6 is 11.8 Å². The van der Waals surface area contributed by atoms with Crippen LogP contribution in [0.5, 0.6) is 17.2 Å². The Morgan fingerprint density at radius 2 is 1.51 bits per heavy atom. The number of benzene rings is 3. The van der Waals surface area contributed by atoms with Gasteiger partial charge in [-0.25, -0.2) is 0 Å². The molecule has 2 aliphatic heterocycles. The van der Waals surface area contributed by atoms with Crippen molar-refractivity contribution >= 4 is 34.6 Å². The standard InChI is InChI=1S/C31H27F6N3O4S/c1-42-23-8-6-22(7-9-23)39-11-13-40(14-12-39)29-38-28(41)27(45-29)16-19-3-10-25(26(15-19)43-2)44-18-20-4-5-21(30(32,33)34)17-24(20)31(35,36)37/h3-10,15-17H,11-14,18H2,1-2H3. The molecule has 0 unspecified atom stereocenters. The Bertz CT molecular complexity index is 1610. The number of methoxy groups -OCH3 is 2. The van der Waals surface area contributed by atoms with E-state index in [4.69, 9.17) is 14.2 Å². The van der Waals surface area contributed by atoms with Gasteiger partial charge in [-0.2, -0.15) is 31.3 Å². The van der Waals surface area contributed by atoms with Crippen LogP contribution in [0.1, 0.15) is 22.3 Å². The lowest BCUT2D eigenvalue weighted by Crippen LogP contribution is -2.47. The van der Waals surface area contributed by atoms with Crippen LogP contribution in [-0.4, -0.2) is 56.4 Å². The van der Waals surface area contributed by atoms with Gasteiger partial charge in [0.05, 0.1) is 30.3 Å². The molecule has 0 bridgehead atoms. The minimum absolute atomic E-state index is 0.0681. The summed E-state index contributed by atoms with van der Waals surface area (Å²) in [5, 5.41) is 0.601. The second-order valence-corrected chi connectivity index (χ2v) is 11.1. The number of rotatable bonds is 7. The number of nitrogens with zero attached hydrogens (tertiary/aromatic N) is 3. The highest BCUT2D eigenvalue weighted by Crippen LogP contribution is 2.39. The van der Waals surface area contributed by atoms with Crippen LogP contribution in [-0.2, 0) is 23.8 Å². The fraction of sp³-hybridized carbons (Fsp3) is 0.290. The number of hydrogen-bond donors (Lipinski definition) is 0. The van der Waals surface area contributed by atoms with Gasteiger partial charge in [0.1, 0.15) is 12.4 Å². The molecule has 3 aromatic rings. The zero-order valence-corrected chi connectivity index (χ0v) is 24.9. The number of hydrogen-bond acceptors (Lipinski definition) is 7. The molecule has 0 N–H and O–H groups in total. The van der Waals surface area contributed by atoms with Crippen molar-refractivity contribution in [1.82, 2.24) is 4.90 Å². The molecule has 2 heterocycles. The first kappa shape index (κ1) is 32.1. The van der Waals surface area contributed by atoms with Crippen LogP contribution in [0.25, 0.3) is 6.08 Å². The summed E-state index contributed by atoms with van der Waals surface area (Å²) in [4.78, 5) is 21.6. The van der Waals surface area contributed by atoms with Crippen molar-refractivity contribution in [3.63, 3.8) is 0 Å². The van der Waals surface area contributed by atoms with Crippen LogP contribution in [0.15, 0.2) is 70.6 Å².